The Bertz CT molecular complexity index is 173. The van der Waals surface area contributed by atoms with E-state index in [-0.39, 0.29) is 0 Å². The maximum Gasteiger partial charge on any atom is 0.188 e. The van der Waals surface area contributed by atoms with Crippen molar-refractivity contribution < 1.29 is 0 Å². The van der Waals surface area contributed by atoms with E-state index in [1.807, 2.05) is 0 Å². The number of hydrogen-bond acceptors (Lipinski definition) is 1. The van der Waals surface area contributed by atoms with E-state index >= 15 is 0 Å². The predicted molar refractivity (Wildman–Crippen MR) is 56.7 cm³/mol. The van der Waals surface area contributed by atoms with Crippen LogP contribution in [0.3, 0.4) is 0 Å². The van der Waals surface area contributed by atoms with Gasteiger partial charge in [-0.2, -0.15) is 0 Å². The first kappa shape index (κ1) is 10.4. The van der Waals surface area contributed by atoms with Crippen LogP contribution in [-0.2, 0) is 0 Å². The fraction of sp³-hybridized carbons (Fsp3) is 0.900. The molecule has 0 heterocycles. The molecule has 76 valence electrons. The monoisotopic (exact) mass is 183 g/mol. The number of rotatable bonds is 4. The van der Waals surface area contributed by atoms with E-state index in [4.69, 9.17) is 5.73 Å². The number of nitrogens with one attached hydrogen (secondary N) is 1. The lowest BCUT2D eigenvalue weighted by atomic mass is 9.80. The summed E-state index contributed by atoms with van der Waals surface area (Å²) in [6.07, 6.45) is 5.12. The van der Waals surface area contributed by atoms with Gasteiger partial charge < -0.3 is 11.1 Å². The number of guanidine groups is 1. The number of hydrogen-bond donors (Lipinski definition) is 2. The third-order valence-electron chi connectivity index (χ3n) is 2.74. The van der Waals surface area contributed by atoms with Crippen molar-refractivity contribution in [1.82, 2.24) is 5.32 Å². The number of nitrogens with two attached hydrogens (primary N) is 1. The lowest BCUT2D eigenvalue weighted by molar-refractivity contribution is 0.258. The highest BCUT2D eigenvalue weighted by Gasteiger charge is 2.23. The average Bonchev–Trinajstić information content (AvgIpc) is 1.97. The molecule has 1 aliphatic carbocycles. The van der Waals surface area contributed by atoms with E-state index in [1.54, 1.807) is 0 Å². The minimum atomic E-state index is 0.495. The Hall–Kier alpha value is -0.730. The van der Waals surface area contributed by atoms with Crippen LogP contribution in [0.15, 0.2) is 4.99 Å². The van der Waals surface area contributed by atoms with E-state index in [0.29, 0.717) is 12.0 Å². The second kappa shape index (κ2) is 5.10. The molecule has 1 atom stereocenters. The average molecular weight is 183 g/mol. The Kier molecular flexibility index (Phi) is 4.06. The van der Waals surface area contributed by atoms with E-state index in [9.17, 15) is 0 Å². The van der Waals surface area contributed by atoms with Crippen molar-refractivity contribution in [3.05, 3.63) is 0 Å². The summed E-state index contributed by atoms with van der Waals surface area (Å²) in [5.41, 5.74) is 5.72. The first-order valence-corrected chi connectivity index (χ1v) is 5.30. The lowest BCUT2D eigenvalue weighted by Crippen LogP contribution is -2.44. The van der Waals surface area contributed by atoms with Crippen molar-refractivity contribution in [3.8, 4) is 0 Å². The van der Waals surface area contributed by atoms with Crippen molar-refractivity contribution in [2.24, 2.45) is 16.6 Å². The van der Waals surface area contributed by atoms with E-state index < -0.39 is 0 Å². The molecule has 0 aromatic rings. The molecule has 0 amide bonds. The Morgan fingerprint density at radius 1 is 1.62 bits per heavy atom. The summed E-state index contributed by atoms with van der Waals surface area (Å²) in [7, 11) is 0. The molecule has 3 heteroatoms. The largest absolute Gasteiger partial charge is 0.370 e. The van der Waals surface area contributed by atoms with Crippen LogP contribution >= 0.6 is 0 Å². The van der Waals surface area contributed by atoms with Gasteiger partial charge in [0.05, 0.1) is 0 Å². The fourth-order valence-corrected chi connectivity index (χ4v) is 1.57. The number of aliphatic imine (C=N–C) groups is 1. The quantitative estimate of drug-likeness (QED) is 0.512. The summed E-state index contributed by atoms with van der Waals surface area (Å²) in [6, 6.07) is 0.495. The van der Waals surface area contributed by atoms with Gasteiger partial charge in [0, 0.05) is 12.6 Å². The molecule has 1 saturated carbocycles. The standard InChI is InChI=1S/C10H21N3/c1-3-7-12-10(11)13-8(2)9-5-4-6-9/h8-9H,3-7H2,1-2H3,(H3,11,12,13). The molecule has 1 aliphatic rings. The zero-order chi connectivity index (χ0) is 9.68. The molecule has 0 aliphatic heterocycles. The van der Waals surface area contributed by atoms with Crippen molar-refractivity contribution >= 4 is 5.96 Å². The van der Waals surface area contributed by atoms with Crippen LogP contribution in [0.1, 0.15) is 39.5 Å². The highest BCUT2D eigenvalue weighted by molar-refractivity contribution is 5.78. The van der Waals surface area contributed by atoms with Gasteiger partial charge in [0.1, 0.15) is 0 Å². The summed E-state index contributed by atoms with van der Waals surface area (Å²) < 4.78 is 0. The van der Waals surface area contributed by atoms with Crippen LogP contribution in [0, 0.1) is 5.92 Å². The fourth-order valence-electron chi connectivity index (χ4n) is 1.57. The summed E-state index contributed by atoms with van der Waals surface area (Å²) in [5.74, 6) is 1.43. The van der Waals surface area contributed by atoms with Crippen molar-refractivity contribution in [3.63, 3.8) is 0 Å². The van der Waals surface area contributed by atoms with Gasteiger partial charge >= 0.3 is 0 Å². The molecule has 0 aromatic carbocycles. The van der Waals surface area contributed by atoms with Crippen LogP contribution in [0.5, 0.6) is 0 Å². The van der Waals surface area contributed by atoms with E-state index in [1.165, 1.54) is 19.3 Å². The summed E-state index contributed by atoms with van der Waals surface area (Å²) in [5, 5.41) is 3.24. The molecule has 1 rings (SSSR count). The van der Waals surface area contributed by atoms with Crippen LogP contribution in [0.2, 0.25) is 0 Å². The van der Waals surface area contributed by atoms with Gasteiger partial charge in [-0.15, -0.1) is 0 Å². The van der Waals surface area contributed by atoms with Crippen molar-refractivity contribution in [2.75, 3.05) is 6.54 Å². The maximum absolute atomic E-state index is 5.72. The molecular formula is C10H21N3. The Balaban J connectivity index is 2.21. The molecule has 1 fully saturated rings. The highest BCUT2D eigenvalue weighted by atomic mass is 15.1. The van der Waals surface area contributed by atoms with E-state index in [2.05, 4.69) is 24.2 Å². The molecular weight excluding hydrogens is 162 g/mol. The first-order chi connectivity index (χ1) is 6.24. The van der Waals surface area contributed by atoms with Crippen molar-refractivity contribution in [2.45, 2.75) is 45.6 Å². The predicted octanol–water partition coefficient (Wildman–Crippen LogP) is 1.49. The summed E-state index contributed by atoms with van der Waals surface area (Å²) in [6.45, 7) is 5.13. The SMILES string of the molecule is CCCN=C(N)NC(C)C1CCC1. The molecule has 3 N–H and O–H groups in total. The molecule has 3 nitrogen and oxygen atoms in total. The third-order valence-corrected chi connectivity index (χ3v) is 2.74. The Labute approximate surface area is 80.8 Å². The molecule has 1 unspecified atom stereocenters. The van der Waals surface area contributed by atoms with Gasteiger partial charge in [-0.25, -0.2) is 0 Å². The topological polar surface area (TPSA) is 50.4 Å². The number of nitrogens with zero attached hydrogens (tertiary/aromatic N) is 1. The van der Waals surface area contributed by atoms with Gasteiger partial charge in [0.25, 0.3) is 0 Å². The highest BCUT2D eigenvalue weighted by Crippen LogP contribution is 2.29. The minimum Gasteiger partial charge on any atom is -0.370 e. The van der Waals surface area contributed by atoms with Gasteiger partial charge in [0.2, 0.25) is 0 Å². The summed E-state index contributed by atoms with van der Waals surface area (Å²) in [4.78, 5) is 4.21. The first-order valence-electron chi connectivity index (χ1n) is 5.30. The zero-order valence-electron chi connectivity index (χ0n) is 8.71. The van der Waals surface area contributed by atoms with Crippen molar-refractivity contribution in [1.29, 1.82) is 0 Å². The summed E-state index contributed by atoms with van der Waals surface area (Å²) >= 11 is 0. The van der Waals surface area contributed by atoms with Crippen LogP contribution < -0.4 is 11.1 Å². The molecule has 13 heavy (non-hydrogen) atoms. The normalized spacial score (nSPS) is 20.9. The van der Waals surface area contributed by atoms with Crippen LogP contribution in [-0.4, -0.2) is 18.5 Å². The minimum absolute atomic E-state index is 0.495. The molecule has 0 spiro atoms. The molecule has 0 aromatic heterocycles. The Morgan fingerprint density at radius 3 is 2.77 bits per heavy atom. The second-order valence-corrected chi connectivity index (χ2v) is 3.89. The molecule has 0 bridgehead atoms. The van der Waals surface area contributed by atoms with Gasteiger partial charge in [0.15, 0.2) is 5.96 Å². The third kappa shape index (κ3) is 3.25. The Morgan fingerprint density at radius 2 is 2.31 bits per heavy atom. The van der Waals surface area contributed by atoms with E-state index in [0.717, 1.165) is 18.9 Å². The van der Waals surface area contributed by atoms with Gasteiger partial charge in [-0.1, -0.05) is 13.3 Å². The van der Waals surface area contributed by atoms with Crippen LogP contribution in [0.4, 0.5) is 0 Å². The zero-order valence-corrected chi connectivity index (χ0v) is 8.71. The lowest BCUT2D eigenvalue weighted by Gasteiger charge is -2.32. The van der Waals surface area contributed by atoms with Gasteiger partial charge in [-0.05, 0) is 32.1 Å². The molecule has 0 radical (unpaired) electrons. The molecule has 0 saturated heterocycles. The maximum atomic E-state index is 5.72. The smallest absolute Gasteiger partial charge is 0.188 e. The van der Waals surface area contributed by atoms with Crippen LogP contribution in [0.25, 0.3) is 0 Å². The van der Waals surface area contributed by atoms with Gasteiger partial charge in [-0.3, -0.25) is 4.99 Å². The second-order valence-electron chi connectivity index (χ2n) is 3.89.